The largest absolute Gasteiger partial charge is 0.365 e. The van der Waals surface area contributed by atoms with Gasteiger partial charge in [0.25, 0.3) is 0 Å². The van der Waals surface area contributed by atoms with Crippen LogP contribution in [0.25, 0.3) is 20.7 Å². The molecule has 4 rings (SSSR count). The number of allylic oxidation sites excluding steroid dienone is 2. The van der Waals surface area contributed by atoms with Gasteiger partial charge in [-0.1, -0.05) is 61.7 Å². The van der Waals surface area contributed by atoms with Gasteiger partial charge in [0.1, 0.15) is 17.0 Å². The fourth-order valence-electron chi connectivity index (χ4n) is 4.30. The number of carbonyl (C=O) groups excluding carboxylic acids is 1. The van der Waals surface area contributed by atoms with Gasteiger partial charge in [0.05, 0.1) is 5.39 Å². The number of fused-ring (bicyclic) bond motifs is 1. The Balaban J connectivity index is 1.35. The van der Waals surface area contributed by atoms with E-state index in [2.05, 4.69) is 63.7 Å². The molecule has 0 saturated carbocycles. The van der Waals surface area contributed by atoms with E-state index in [0.29, 0.717) is 6.54 Å². The predicted molar refractivity (Wildman–Crippen MR) is 159 cm³/mol. The van der Waals surface area contributed by atoms with Gasteiger partial charge >= 0.3 is 0 Å². The van der Waals surface area contributed by atoms with Crippen LogP contribution in [0.3, 0.4) is 0 Å². The number of nitrogens with zero attached hydrogens (tertiary/aromatic N) is 5. The highest BCUT2D eigenvalue weighted by atomic mass is 32.1. The van der Waals surface area contributed by atoms with Crippen LogP contribution in [-0.2, 0) is 11.3 Å². The summed E-state index contributed by atoms with van der Waals surface area (Å²) in [6.45, 7) is 13.2. The summed E-state index contributed by atoms with van der Waals surface area (Å²) in [6, 6.07) is 10.9. The van der Waals surface area contributed by atoms with Crippen molar-refractivity contribution in [2.45, 2.75) is 6.54 Å². The third kappa shape index (κ3) is 7.25. The van der Waals surface area contributed by atoms with E-state index in [1.807, 2.05) is 42.1 Å². The molecule has 198 valence electrons. The first kappa shape index (κ1) is 27.4. The maximum absolute atomic E-state index is 12.4. The second kappa shape index (κ2) is 13.3. The molecule has 1 aromatic carbocycles. The minimum atomic E-state index is 0.108. The number of thiophene rings is 1. The van der Waals surface area contributed by atoms with Crippen molar-refractivity contribution < 1.29 is 4.79 Å². The lowest BCUT2D eigenvalue weighted by Crippen LogP contribution is -2.47. The smallest absolute Gasteiger partial charge is 0.246 e. The molecule has 3 heterocycles. The molecule has 1 saturated heterocycles. The number of carbonyl (C=O) groups is 1. The Morgan fingerprint density at radius 3 is 2.58 bits per heavy atom. The topological polar surface area (TPSA) is 64.6 Å². The van der Waals surface area contributed by atoms with Crippen molar-refractivity contribution in [1.29, 1.82) is 0 Å². The molecule has 0 bridgehead atoms. The molecule has 1 aliphatic heterocycles. The number of amides is 1. The molecule has 3 aromatic rings. The summed E-state index contributed by atoms with van der Waals surface area (Å²) in [6.07, 6.45) is 10.7. The molecule has 38 heavy (non-hydrogen) atoms. The van der Waals surface area contributed by atoms with E-state index in [0.717, 1.165) is 65.8 Å². The van der Waals surface area contributed by atoms with E-state index in [1.54, 1.807) is 29.8 Å². The zero-order valence-electron chi connectivity index (χ0n) is 22.3. The van der Waals surface area contributed by atoms with Crippen LogP contribution in [0.5, 0.6) is 0 Å². The van der Waals surface area contributed by atoms with Crippen molar-refractivity contribution in [3.05, 3.63) is 91.3 Å². The van der Waals surface area contributed by atoms with Crippen LogP contribution >= 0.6 is 11.3 Å². The van der Waals surface area contributed by atoms with Crippen LogP contribution in [0.2, 0.25) is 0 Å². The summed E-state index contributed by atoms with van der Waals surface area (Å²) in [5.74, 6) is 0.924. The van der Waals surface area contributed by atoms with Gasteiger partial charge in [-0.15, -0.1) is 11.3 Å². The zero-order valence-corrected chi connectivity index (χ0v) is 23.1. The molecule has 0 unspecified atom stereocenters. The quantitative estimate of drug-likeness (QED) is 0.284. The maximum Gasteiger partial charge on any atom is 0.246 e. The third-order valence-corrected chi connectivity index (χ3v) is 7.54. The number of hydrogen-bond acceptors (Lipinski definition) is 7. The average molecular weight is 529 g/mol. The number of anilines is 1. The number of piperazine rings is 1. The summed E-state index contributed by atoms with van der Waals surface area (Å²) in [4.78, 5) is 29.8. The Hall–Kier alpha value is -3.59. The SMILES string of the molecule is C=C/C=C(\C=C)CNc1ncnc2sc(-c3ccc(CN4CCN(C(=O)/C=C/CN(C)C)CC4)cc3)cc12. The average Bonchev–Trinajstić information content (AvgIpc) is 3.37. The highest BCUT2D eigenvalue weighted by Crippen LogP contribution is 2.35. The highest BCUT2D eigenvalue weighted by molar-refractivity contribution is 7.21. The van der Waals surface area contributed by atoms with Crippen LogP contribution in [0.4, 0.5) is 5.82 Å². The molecule has 0 radical (unpaired) electrons. The Morgan fingerprint density at radius 2 is 1.89 bits per heavy atom. The highest BCUT2D eigenvalue weighted by Gasteiger charge is 2.19. The second-order valence-electron chi connectivity index (χ2n) is 9.55. The van der Waals surface area contributed by atoms with E-state index in [-0.39, 0.29) is 5.91 Å². The van der Waals surface area contributed by atoms with Crippen LogP contribution in [0.15, 0.2) is 85.8 Å². The molecule has 0 aliphatic carbocycles. The molecule has 1 fully saturated rings. The summed E-state index contributed by atoms with van der Waals surface area (Å²) in [5.41, 5.74) is 3.48. The van der Waals surface area contributed by atoms with Crippen LogP contribution in [0.1, 0.15) is 5.56 Å². The minimum Gasteiger partial charge on any atom is -0.365 e. The Bertz CT molecular complexity index is 1320. The predicted octanol–water partition coefficient (Wildman–Crippen LogP) is 4.83. The number of nitrogens with one attached hydrogen (secondary N) is 1. The maximum atomic E-state index is 12.4. The Morgan fingerprint density at radius 1 is 1.13 bits per heavy atom. The van der Waals surface area contributed by atoms with Gasteiger partial charge in [-0.25, -0.2) is 9.97 Å². The van der Waals surface area contributed by atoms with Crippen LogP contribution in [0, 0.1) is 0 Å². The molecule has 8 heteroatoms. The van der Waals surface area contributed by atoms with Crippen molar-refractivity contribution in [2.75, 3.05) is 58.7 Å². The van der Waals surface area contributed by atoms with Crippen molar-refractivity contribution in [2.24, 2.45) is 0 Å². The van der Waals surface area contributed by atoms with Gasteiger partial charge in [-0.05, 0) is 36.9 Å². The first-order valence-electron chi connectivity index (χ1n) is 12.8. The fourth-order valence-corrected chi connectivity index (χ4v) is 5.31. The number of likely N-dealkylation sites (N-methyl/N-ethyl adjacent to an activating group) is 1. The van der Waals surface area contributed by atoms with Gasteiger partial charge in [-0.3, -0.25) is 9.69 Å². The van der Waals surface area contributed by atoms with Gasteiger partial charge in [-0.2, -0.15) is 0 Å². The molecule has 1 amide bonds. The standard InChI is InChI=1S/C30H36N6OS/c1-5-8-23(6-2)20-31-29-26-19-27(38-30(26)33-22-32-29)25-12-10-24(11-13-25)21-35-15-17-36(18-16-35)28(37)9-7-14-34(3)4/h5-13,19,22H,1-2,14-18,20-21H2,3-4H3,(H,31,32,33)/b9-7+,23-8+. The van der Waals surface area contributed by atoms with Gasteiger partial charge in [0.15, 0.2) is 0 Å². The zero-order chi connectivity index (χ0) is 26.9. The molecule has 0 atom stereocenters. The number of benzene rings is 1. The molecular weight excluding hydrogens is 492 g/mol. The molecule has 2 aromatic heterocycles. The Kier molecular flexibility index (Phi) is 9.59. The number of hydrogen-bond donors (Lipinski definition) is 1. The number of rotatable bonds is 11. The lowest BCUT2D eigenvalue weighted by Gasteiger charge is -2.34. The third-order valence-electron chi connectivity index (χ3n) is 6.44. The Labute approximate surface area is 229 Å². The van der Waals surface area contributed by atoms with Gasteiger partial charge < -0.3 is 15.1 Å². The summed E-state index contributed by atoms with van der Waals surface area (Å²) in [5, 5.41) is 4.42. The summed E-state index contributed by atoms with van der Waals surface area (Å²) < 4.78 is 0. The van der Waals surface area contributed by atoms with Crippen molar-refractivity contribution in [1.82, 2.24) is 24.7 Å². The minimum absolute atomic E-state index is 0.108. The second-order valence-corrected chi connectivity index (χ2v) is 10.6. The molecule has 1 aliphatic rings. The number of aromatic nitrogens is 2. The monoisotopic (exact) mass is 528 g/mol. The summed E-state index contributed by atoms with van der Waals surface area (Å²) in [7, 11) is 3.99. The fraction of sp³-hybridized carbons (Fsp3) is 0.300. The first-order chi connectivity index (χ1) is 18.5. The van der Waals surface area contributed by atoms with E-state index in [1.165, 1.54) is 11.1 Å². The van der Waals surface area contributed by atoms with E-state index in [4.69, 9.17) is 0 Å². The molecular formula is C30H36N6OS. The van der Waals surface area contributed by atoms with E-state index >= 15 is 0 Å². The van der Waals surface area contributed by atoms with Gasteiger partial charge in [0, 0.05) is 56.8 Å². The normalized spacial score (nSPS) is 14.9. The first-order valence-corrected chi connectivity index (χ1v) is 13.6. The molecule has 7 nitrogen and oxygen atoms in total. The lowest BCUT2D eigenvalue weighted by molar-refractivity contribution is -0.127. The van der Waals surface area contributed by atoms with Crippen molar-refractivity contribution in [3.63, 3.8) is 0 Å². The molecule has 0 spiro atoms. The van der Waals surface area contributed by atoms with E-state index in [9.17, 15) is 4.79 Å². The van der Waals surface area contributed by atoms with Crippen LogP contribution < -0.4 is 5.32 Å². The van der Waals surface area contributed by atoms with Crippen LogP contribution in [-0.4, -0.2) is 83.9 Å². The summed E-state index contributed by atoms with van der Waals surface area (Å²) >= 11 is 1.67. The van der Waals surface area contributed by atoms with E-state index < -0.39 is 0 Å². The van der Waals surface area contributed by atoms with Crippen molar-refractivity contribution in [3.8, 4) is 10.4 Å². The van der Waals surface area contributed by atoms with Gasteiger partial charge in [0.2, 0.25) is 5.91 Å². The lowest BCUT2D eigenvalue weighted by atomic mass is 10.1. The molecule has 1 N–H and O–H groups in total. The van der Waals surface area contributed by atoms with Crippen molar-refractivity contribution >= 4 is 33.3 Å².